The maximum absolute atomic E-state index is 6.24. The van der Waals surface area contributed by atoms with Crippen molar-refractivity contribution in [2.45, 2.75) is 59.0 Å². The Balaban J connectivity index is 1.53. The van der Waals surface area contributed by atoms with E-state index in [9.17, 15) is 0 Å². The Hall–Kier alpha value is -2.35. The number of fused-ring (bicyclic) bond motifs is 1. The monoisotopic (exact) mass is 462 g/mol. The van der Waals surface area contributed by atoms with Crippen molar-refractivity contribution in [3.05, 3.63) is 94.0 Å². The zero-order chi connectivity index (χ0) is 23.2. The molecule has 2 atom stereocenters. The Morgan fingerprint density at radius 2 is 1.82 bits per heavy atom. The van der Waals surface area contributed by atoms with Crippen LogP contribution in [0.5, 0.6) is 11.5 Å². The summed E-state index contributed by atoms with van der Waals surface area (Å²) in [6, 6.07) is 21.6. The highest BCUT2D eigenvalue weighted by Gasteiger charge is 2.27. The molecule has 3 aromatic carbocycles. The third kappa shape index (κ3) is 5.78. The van der Waals surface area contributed by atoms with E-state index in [2.05, 4.69) is 75.4 Å². The summed E-state index contributed by atoms with van der Waals surface area (Å²) in [5, 5.41) is 0. The van der Waals surface area contributed by atoms with E-state index in [0.29, 0.717) is 33.6 Å². The molecule has 4 heteroatoms. The summed E-state index contributed by atoms with van der Waals surface area (Å²) in [5.41, 5.74) is 8.08. The molecule has 1 aliphatic rings. The number of rotatable bonds is 10. The van der Waals surface area contributed by atoms with Gasteiger partial charge in [0.15, 0.2) is 0 Å². The molecule has 0 saturated heterocycles. The van der Waals surface area contributed by atoms with Crippen molar-refractivity contribution in [2.75, 3.05) is 13.0 Å². The van der Waals surface area contributed by atoms with Crippen molar-refractivity contribution in [1.82, 2.24) is 0 Å². The van der Waals surface area contributed by atoms with Crippen LogP contribution in [0, 0.1) is 6.92 Å². The van der Waals surface area contributed by atoms with Gasteiger partial charge in [0, 0.05) is 12.5 Å². The van der Waals surface area contributed by atoms with Crippen LogP contribution in [0.3, 0.4) is 0 Å². The van der Waals surface area contributed by atoms with E-state index in [1.807, 2.05) is 13.0 Å². The van der Waals surface area contributed by atoms with Gasteiger partial charge in [0.2, 0.25) is 0 Å². The SMILES string of the molecule is CCOPCOc1cc(C)c2c(c1)CCC2c1ccc(OCc2ccccc2)c(C(C)C)c1. The Morgan fingerprint density at radius 3 is 2.58 bits per heavy atom. The van der Waals surface area contributed by atoms with Gasteiger partial charge in [-0.1, -0.05) is 56.3 Å². The van der Waals surface area contributed by atoms with E-state index in [4.69, 9.17) is 14.0 Å². The fourth-order valence-electron chi connectivity index (χ4n) is 4.76. The van der Waals surface area contributed by atoms with E-state index in [1.165, 1.54) is 33.4 Å². The maximum Gasteiger partial charge on any atom is 0.129 e. The van der Waals surface area contributed by atoms with E-state index in [0.717, 1.165) is 30.9 Å². The van der Waals surface area contributed by atoms with Crippen LogP contribution >= 0.6 is 8.81 Å². The first kappa shape index (κ1) is 23.8. The molecular formula is C29H35O3P. The number of ether oxygens (including phenoxy) is 2. The molecule has 4 rings (SSSR count). The molecule has 3 nitrogen and oxygen atoms in total. The molecule has 0 saturated carbocycles. The minimum atomic E-state index is 0.388. The smallest absolute Gasteiger partial charge is 0.129 e. The van der Waals surface area contributed by atoms with Gasteiger partial charge >= 0.3 is 0 Å². The maximum atomic E-state index is 6.24. The van der Waals surface area contributed by atoms with Gasteiger partial charge in [-0.2, -0.15) is 0 Å². The van der Waals surface area contributed by atoms with Crippen LogP contribution in [0.25, 0.3) is 0 Å². The van der Waals surface area contributed by atoms with Crippen molar-refractivity contribution in [3.8, 4) is 11.5 Å². The minimum absolute atomic E-state index is 0.388. The molecule has 174 valence electrons. The Labute approximate surface area is 200 Å². The minimum Gasteiger partial charge on any atom is -0.489 e. The lowest BCUT2D eigenvalue weighted by Gasteiger charge is -2.20. The molecule has 2 unspecified atom stereocenters. The number of aryl methyl sites for hydroxylation is 2. The van der Waals surface area contributed by atoms with Gasteiger partial charge in [-0.25, -0.2) is 0 Å². The van der Waals surface area contributed by atoms with E-state index in [-0.39, 0.29) is 0 Å². The van der Waals surface area contributed by atoms with E-state index >= 15 is 0 Å². The molecule has 0 fully saturated rings. The molecule has 3 aromatic rings. The first-order valence-corrected chi connectivity index (χ1v) is 13.1. The molecule has 1 aliphatic carbocycles. The standard InChI is InChI=1S/C29H35O3P/c1-5-32-33-19-31-25-15-21(4)29-24(16-25)11-13-26(29)23-12-14-28(27(17-23)20(2)3)30-18-22-9-7-6-8-10-22/h6-10,12,14-17,20,26,33H,5,11,13,18-19H2,1-4H3. The summed E-state index contributed by atoms with van der Waals surface area (Å²) in [5.74, 6) is 2.79. The third-order valence-electron chi connectivity index (χ3n) is 6.34. The molecule has 0 aromatic heterocycles. The molecule has 0 aliphatic heterocycles. The second kappa shape index (κ2) is 11.2. The number of benzene rings is 3. The van der Waals surface area contributed by atoms with Crippen LogP contribution in [0.1, 0.15) is 72.4 Å². The zero-order valence-corrected chi connectivity index (χ0v) is 21.2. The first-order valence-electron chi connectivity index (χ1n) is 12.0. The molecule has 0 N–H and O–H groups in total. The molecule has 33 heavy (non-hydrogen) atoms. The van der Waals surface area contributed by atoms with E-state index < -0.39 is 0 Å². The van der Waals surface area contributed by atoms with Crippen LogP contribution in [0.4, 0.5) is 0 Å². The zero-order valence-electron chi connectivity index (χ0n) is 20.2. The van der Waals surface area contributed by atoms with Crippen LogP contribution in [0.2, 0.25) is 0 Å². The van der Waals surface area contributed by atoms with Crippen molar-refractivity contribution in [2.24, 2.45) is 0 Å². The van der Waals surface area contributed by atoms with Gasteiger partial charge in [0.05, 0.1) is 8.81 Å². The summed E-state index contributed by atoms with van der Waals surface area (Å²) in [6.45, 7) is 10.1. The van der Waals surface area contributed by atoms with Gasteiger partial charge in [0.25, 0.3) is 0 Å². The molecule has 0 heterocycles. The Bertz CT molecular complexity index is 1060. The molecule has 0 radical (unpaired) electrons. The quantitative estimate of drug-likeness (QED) is 0.228. The lowest BCUT2D eigenvalue weighted by atomic mass is 9.87. The normalized spacial score (nSPS) is 15.4. The summed E-state index contributed by atoms with van der Waals surface area (Å²) >= 11 is 0. The molecule has 0 bridgehead atoms. The van der Waals surface area contributed by atoms with E-state index in [1.54, 1.807) is 0 Å². The predicted octanol–water partition coefficient (Wildman–Crippen LogP) is 7.74. The highest BCUT2D eigenvalue weighted by atomic mass is 31.1. The van der Waals surface area contributed by atoms with Gasteiger partial charge in [0.1, 0.15) is 24.5 Å². The lowest BCUT2D eigenvalue weighted by molar-refractivity contribution is 0.301. The van der Waals surface area contributed by atoms with Gasteiger partial charge < -0.3 is 14.0 Å². The van der Waals surface area contributed by atoms with Crippen molar-refractivity contribution in [1.29, 1.82) is 0 Å². The highest BCUT2D eigenvalue weighted by Crippen LogP contribution is 2.43. The average molecular weight is 463 g/mol. The van der Waals surface area contributed by atoms with Gasteiger partial charge in [-0.05, 0) is 84.2 Å². The summed E-state index contributed by atoms with van der Waals surface area (Å²) in [4.78, 5) is 0. The lowest BCUT2D eigenvalue weighted by Crippen LogP contribution is -2.04. The summed E-state index contributed by atoms with van der Waals surface area (Å²) in [6.07, 6.45) is 2.86. The average Bonchev–Trinajstić information content (AvgIpc) is 3.26. The van der Waals surface area contributed by atoms with Crippen molar-refractivity contribution >= 4 is 8.81 Å². The summed E-state index contributed by atoms with van der Waals surface area (Å²) in [7, 11) is 0.388. The molecule has 0 amide bonds. The Kier molecular flexibility index (Phi) is 8.06. The van der Waals surface area contributed by atoms with Crippen LogP contribution in [-0.4, -0.2) is 13.0 Å². The predicted molar refractivity (Wildman–Crippen MR) is 138 cm³/mol. The molecule has 0 spiro atoms. The van der Waals surface area contributed by atoms with Crippen LogP contribution in [0.15, 0.2) is 60.7 Å². The number of hydrogen-bond donors (Lipinski definition) is 0. The van der Waals surface area contributed by atoms with Gasteiger partial charge in [-0.3, -0.25) is 0 Å². The fourth-order valence-corrected chi connectivity index (χ4v) is 5.27. The van der Waals surface area contributed by atoms with Crippen LogP contribution in [-0.2, 0) is 17.6 Å². The highest BCUT2D eigenvalue weighted by molar-refractivity contribution is 7.31. The van der Waals surface area contributed by atoms with Crippen molar-refractivity contribution < 1.29 is 14.0 Å². The van der Waals surface area contributed by atoms with Crippen LogP contribution < -0.4 is 9.47 Å². The second-order valence-corrected chi connectivity index (χ2v) is 9.86. The Morgan fingerprint density at radius 1 is 1.00 bits per heavy atom. The van der Waals surface area contributed by atoms with Gasteiger partial charge in [-0.15, -0.1) is 0 Å². The molecular weight excluding hydrogens is 427 g/mol. The first-order chi connectivity index (χ1) is 16.1. The van der Waals surface area contributed by atoms with Crippen molar-refractivity contribution in [3.63, 3.8) is 0 Å². The fraction of sp³-hybridized carbons (Fsp3) is 0.379. The third-order valence-corrected chi connectivity index (χ3v) is 7.09. The second-order valence-electron chi connectivity index (χ2n) is 9.00. The largest absolute Gasteiger partial charge is 0.489 e. The topological polar surface area (TPSA) is 27.7 Å². The number of hydrogen-bond acceptors (Lipinski definition) is 3. The summed E-state index contributed by atoms with van der Waals surface area (Å²) < 4.78 is 17.6.